The first-order valence-electron chi connectivity index (χ1n) is 6.95. The van der Waals surface area contributed by atoms with Crippen molar-refractivity contribution in [3.8, 4) is 0 Å². The Morgan fingerprint density at radius 2 is 2.33 bits per heavy atom. The number of hydrogen-bond donors (Lipinski definition) is 1. The van der Waals surface area contributed by atoms with Gasteiger partial charge in [-0.3, -0.25) is 4.79 Å². The zero-order chi connectivity index (χ0) is 15.2. The average Bonchev–Trinajstić information content (AvgIpc) is 2.47. The fourth-order valence-corrected chi connectivity index (χ4v) is 2.47. The molecule has 7 heteroatoms. The van der Waals surface area contributed by atoms with E-state index in [-0.39, 0.29) is 11.9 Å². The molecule has 0 aliphatic carbocycles. The minimum absolute atomic E-state index is 0.0964. The fraction of sp³-hybridized carbons (Fsp3) is 0.500. The second kappa shape index (κ2) is 7.26. The van der Waals surface area contributed by atoms with Gasteiger partial charge in [0.2, 0.25) is 0 Å². The van der Waals surface area contributed by atoms with Crippen LogP contribution < -0.4 is 5.32 Å². The van der Waals surface area contributed by atoms with Gasteiger partial charge in [0.25, 0.3) is 5.91 Å². The van der Waals surface area contributed by atoms with Crippen molar-refractivity contribution in [1.29, 1.82) is 0 Å². The van der Waals surface area contributed by atoms with E-state index in [0.717, 1.165) is 12.8 Å². The summed E-state index contributed by atoms with van der Waals surface area (Å²) >= 11 is 5.80. The van der Waals surface area contributed by atoms with Crippen molar-refractivity contribution < 1.29 is 14.3 Å². The first-order chi connectivity index (χ1) is 10.1. The molecule has 1 unspecified atom stereocenters. The summed E-state index contributed by atoms with van der Waals surface area (Å²) in [4.78, 5) is 29.5. The van der Waals surface area contributed by atoms with Crippen molar-refractivity contribution in [2.45, 2.75) is 25.8 Å². The third kappa shape index (κ3) is 4.32. The zero-order valence-electron chi connectivity index (χ0n) is 11.8. The molecule has 2 rings (SSSR count). The lowest BCUT2D eigenvalue weighted by Crippen LogP contribution is -2.49. The van der Waals surface area contributed by atoms with Crippen LogP contribution in [-0.4, -0.2) is 47.6 Å². The predicted octanol–water partition coefficient (Wildman–Crippen LogP) is 2.09. The Balaban J connectivity index is 1.97. The number of carbonyl (C=O) groups is 2. The van der Waals surface area contributed by atoms with Crippen molar-refractivity contribution in [2.24, 2.45) is 0 Å². The highest BCUT2D eigenvalue weighted by molar-refractivity contribution is 6.29. The van der Waals surface area contributed by atoms with Crippen LogP contribution in [0.4, 0.5) is 4.79 Å². The van der Waals surface area contributed by atoms with Gasteiger partial charge in [0.05, 0.1) is 6.61 Å². The Morgan fingerprint density at radius 1 is 1.52 bits per heavy atom. The molecule has 2 heterocycles. The summed E-state index contributed by atoms with van der Waals surface area (Å²) in [5, 5.41) is 3.06. The lowest BCUT2D eigenvalue weighted by atomic mass is 10.1. The van der Waals surface area contributed by atoms with Crippen molar-refractivity contribution in [3.63, 3.8) is 0 Å². The molecule has 1 atom stereocenters. The monoisotopic (exact) mass is 311 g/mol. The number of likely N-dealkylation sites (tertiary alicyclic amines) is 1. The molecule has 1 fully saturated rings. The van der Waals surface area contributed by atoms with Crippen LogP contribution in [0.15, 0.2) is 18.2 Å². The van der Waals surface area contributed by atoms with Gasteiger partial charge >= 0.3 is 6.09 Å². The number of aromatic nitrogens is 1. The highest BCUT2D eigenvalue weighted by atomic mass is 35.5. The zero-order valence-corrected chi connectivity index (χ0v) is 12.6. The number of nitrogens with one attached hydrogen (secondary N) is 1. The first kappa shape index (κ1) is 15.6. The highest BCUT2D eigenvalue weighted by Crippen LogP contribution is 2.14. The Kier molecular flexibility index (Phi) is 5.38. The average molecular weight is 312 g/mol. The van der Waals surface area contributed by atoms with Crippen LogP contribution in [0.25, 0.3) is 0 Å². The molecule has 0 aromatic carbocycles. The van der Waals surface area contributed by atoms with Crippen LogP contribution in [0, 0.1) is 0 Å². The van der Waals surface area contributed by atoms with Gasteiger partial charge in [-0.1, -0.05) is 17.7 Å². The van der Waals surface area contributed by atoms with Gasteiger partial charge in [0.1, 0.15) is 10.8 Å². The summed E-state index contributed by atoms with van der Waals surface area (Å²) in [5.74, 6) is -0.173. The number of pyridine rings is 1. The molecule has 1 aliphatic heterocycles. The van der Waals surface area contributed by atoms with Gasteiger partial charge in [0.15, 0.2) is 0 Å². The maximum atomic E-state index is 12.4. The number of piperidine rings is 1. The second-order valence-corrected chi connectivity index (χ2v) is 5.19. The molecule has 0 radical (unpaired) electrons. The summed E-state index contributed by atoms with van der Waals surface area (Å²) in [5.41, 5.74) is 0.319. The van der Waals surface area contributed by atoms with Crippen LogP contribution in [0.5, 0.6) is 0 Å². The van der Waals surface area contributed by atoms with E-state index >= 15 is 0 Å². The van der Waals surface area contributed by atoms with E-state index in [1.54, 1.807) is 30.0 Å². The normalized spacial score (nSPS) is 18.2. The molecule has 1 N–H and O–H groups in total. The molecule has 114 valence electrons. The maximum absolute atomic E-state index is 12.4. The highest BCUT2D eigenvalue weighted by Gasteiger charge is 2.26. The topological polar surface area (TPSA) is 71.5 Å². The van der Waals surface area contributed by atoms with Crippen molar-refractivity contribution >= 4 is 23.6 Å². The first-order valence-corrected chi connectivity index (χ1v) is 7.33. The number of hydrogen-bond acceptors (Lipinski definition) is 4. The van der Waals surface area contributed by atoms with E-state index < -0.39 is 6.09 Å². The van der Waals surface area contributed by atoms with E-state index in [9.17, 15) is 9.59 Å². The number of amides is 2. The molecular weight excluding hydrogens is 294 g/mol. The fourth-order valence-electron chi connectivity index (χ4n) is 2.31. The maximum Gasteiger partial charge on any atom is 0.407 e. The number of rotatable bonds is 3. The van der Waals surface area contributed by atoms with Crippen LogP contribution in [0.2, 0.25) is 5.15 Å². The van der Waals surface area contributed by atoms with E-state index in [2.05, 4.69) is 10.3 Å². The molecule has 6 nitrogen and oxygen atoms in total. The summed E-state index contributed by atoms with van der Waals surface area (Å²) in [7, 11) is 0. The number of carbonyl (C=O) groups excluding carboxylic acids is 2. The third-order valence-electron chi connectivity index (χ3n) is 3.24. The van der Waals surface area contributed by atoms with Crippen LogP contribution >= 0.6 is 11.6 Å². The van der Waals surface area contributed by atoms with Crippen molar-refractivity contribution in [2.75, 3.05) is 19.7 Å². The van der Waals surface area contributed by atoms with E-state index in [1.807, 2.05) is 0 Å². The van der Waals surface area contributed by atoms with E-state index in [1.165, 1.54) is 0 Å². The Morgan fingerprint density at radius 3 is 3.05 bits per heavy atom. The largest absolute Gasteiger partial charge is 0.450 e. The standard InChI is InChI=1S/C14H18ClN3O3/c1-2-21-14(20)16-10-5-4-8-18(9-10)13(19)11-6-3-7-12(15)17-11/h3,6-7,10H,2,4-5,8-9H2,1H3,(H,16,20). The van der Waals surface area contributed by atoms with Gasteiger partial charge in [-0.05, 0) is 31.9 Å². The summed E-state index contributed by atoms with van der Waals surface area (Å²) in [6.45, 7) is 3.18. The quantitative estimate of drug-likeness (QED) is 0.868. The smallest absolute Gasteiger partial charge is 0.407 e. The Hall–Kier alpha value is -1.82. The predicted molar refractivity (Wildman–Crippen MR) is 78.3 cm³/mol. The van der Waals surface area contributed by atoms with Gasteiger partial charge < -0.3 is 15.0 Å². The summed E-state index contributed by atoms with van der Waals surface area (Å²) < 4.78 is 4.86. The molecule has 0 saturated carbocycles. The third-order valence-corrected chi connectivity index (χ3v) is 3.45. The van der Waals surface area contributed by atoms with Crippen LogP contribution in [0.1, 0.15) is 30.3 Å². The van der Waals surface area contributed by atoms with Crippen LogP contribution in [0.3, 0.4) is 0 Å². The molecule has 1 aliphatic rings. The molecular formula is C14H18ClN3O3. The second-order valence-electron chi connectivity index (χ2n) is 4.80. The number of alkyl carbamates (subject to hydrolysis) is 1. The minimum Gasteiger partial charge on any atom is -0.450 e. The molecule has 1 aromatic heterocycles. The number of ether oxygens (including phenoxy) is 1. The van der Waals surface area contributed by atoms with E-state index in [0.29, 0.717) is 30.5 Å². The summed E-state index contributed by atoms with van der Waals surface area (Å²) in [6.07, 6.45) is 1.20. The van der Waals surface area contributed by atoms with Crippen molar-refractivity contribution in [3.05, 3.63) is 29.0 Å². The molecule has 0 spiro atoms. The molecule has 2 amide bonds. The molecule has 0 bridgehead atoms. The number of nitrogens with zero attached hydrogens (tertiary/aromatic N) is 2. The molecule has 21 heavy (non-hydrogen) atoms. The van der Waals surface area contributed by atoms with Gasteiger partial charge in [-0.25, -0.2) is 9.78 Å². The van der Waals surface area contributed by atoms with Crippen molar-refractivity contribution in [1.82, 2.24) is 15.2 Å². The molecule has 1 aromatic rings. The SMILES string of the molecule is CCOC(=O)NC1CCCN(C(=O)c2cccc(Cl)n2)C1. The Labute approximate surface area is 128 Å². The van der Waals surface area contributed by atoms with Gasteiger partial charge in [-0.15, -0.1) is 0 Å². The van der Waals surface area contributed by atoms with E-state index in [4.69, 9.17) is 16.3 Å². The number of halogens is 1. The minimum atomic E-state index is -0.447. The van der Waals surface area contributed by atoms with Gasteiger partial charge in [-0.2, -0.15) is 0 Å². The van der Waals surface area contributed by atoms with Crippen LogP contribution in [-0.2, 0) is 4.74 Å². The lowest BCUT2D eigenvalue weighted by Gasteiger charge is -2.32. The van der Waals surface area contributed by atoms with Gasteiger partial charge in [0, 0.05) is 19.1 Å². The Bertz CT molecular complexity index is 524. The lowest BCUT2D eigenvalue weighted by molar-refractivity contribution is 0.0680. The molecule has 1 saturated heterocycles. The summed E-state index contributed by atoms with van der Waals surface area (Å²) in [6, 6.07) is 4.86.